The maximum absolute atomic E-state index is 12.1. The van der Waals surface area contributed by atoms with Crippen LogP contribution in [0.2, 0.25) is 0 Å². The molecule has 1 N–H and O–H groups in total. The van der Waals surface area contributed by atoms with Crippen LogP contribution < -0.4 is 10.1 Å². The largest absolute Gasteiger partial charge is 0.497 e. The number of benzene rings is 1. The van der Waals surface area contributed by atoms with Gasteiger partial charge in [0.1, 0.15) is 11.5 Å². The first-order chi connectivity index (χ1) is 11.7. The first-order valence-corrected chi connectivity index (χ1v) is 8.27. The third kappa shape index (κ3) is 3.94. The lowest BCUT2D eigenvalue weighted by Gasteiger charge is -2.24. The molecule has 1 atom stereocenters. The fourth-order valence-electron chi connectivity index (χ4n) is 3.20. The number of aromatic nitrogens is 1. The van der Waals surface area contributed by atoms with E-state index in [2.05, 4.69) is 27.5 Å². The Bertz CT molecular complexity index is 698. The van der Waals surface area contributed by atoms with Crippen molar-refractivity contribution in [2.24, 2.45) is 0 Å². The van der Waals surface area contributed by atoms with Crippen LogP contribution >= 0.6 is 0 Å². The fourth-order valence-corrected chi connectivity index (χ4v) is 3.20. The lowest BCUT2D eigenvalue weighted by Crippen LogP contribution is -2.27. The third-order valence-corrected chi connectivity index (χ3v) is 4.36. The molecule has 6 heteroatoms. The van der Waals surface area contributed by atoms with Gasteiger partial charge in [0.05, 0.1) is 7.11 Å². The van der Waals surface area contributed by atoms with E-state index in [0.717, 1.165) is 31.7 Å². The zero-order valence-electron chi connectivity index (χ0n) is 14.1. The molecule has 1 aromatic carbocycles. The number of carbonyl (C=O) groups is 1. The van der Waals surface area contributed by atoms with Crippen molar-refractivity contribution >= 4 is 11.7 Å². The zero-order valence-corrected chi connectivity index (χ0v) is 14.1. The molecular weight excluding hydrogens is 306 g/mol. The van der Waals surface area contributed by atoms with Gasteiger partial charge >= 0.3 is 0 Å². The molecule has 1 fully saturated rings. The third-order valence-electron chi connectivity index (χ3n) is 4.36. The molecule has 0 spiro atoms. The van der Waals surface area contributed by atoms with E-state index in [-0.39, 0.29) is 5.91 Å². The summed E-state index contributed by atoms with van der Waals surface area (Å²) in [7, 11) is 1.68. The minimum atomic E-state index is -0.0420. The Morgan fingerprint density at radius 1 is 1.46 bits per heavy atom. The van der Waals surface area contributed by atoms with Gasteiger partial charge in [0.25, 0.3) is 0 Å². The first kappa shape index (κ1) is 16.5. The average molecular weight is 329 g/mol. The van der Waals surface area contributed by atoms with Crippen LogP contribution in [-0.2, 0) is 4.79 Å². The minimum Gasteiger partial charge on any atom is -0.497 e. The van der Waals surface area contributed by atoms with Gasteiger partial charge in [0.2, 0.25) is 5.91 Å². The summed E-state index contributed by atoms with van der Waals surface area (Å²) in [5, 5.41) is 6.55. The minimum absolute atomic E-state index is 0.0420. The topological polar surface area (TPSA) is 67.6 Å². The highest BCUT2D eigenvalue weighted by Crippen LogP contribution is 2.33. The fraction of sp³-hybridized carbons (Fsp3) is 0.444. The van der Waals surface area contributed by atoms with Gasteiger partial charge in [0.15, 0.2) is 5.82 Å². The molecule has 1 aliphatic rings. The Kier molecular flexibility index (Phi) is 5.15. The number of anilines is 1. The molecule has 24 heavy (non-hydrogen) atoms. The van der Waals surface area contributed by atoms with Gasteiger partial charge in [-0.15, -0.1) is 0 Å². The van der Waals surface area contributed by atoms with Gasteiger partial charge in [-0.1, -0.05) is 17.3 Å². The standard InChI is InChI=1S/C18H23N3O3/c1-13-11-17(20-24-13)19-18(22)8-10-21-9-4-7-16(21)14-5-3-6-15(12-14)23-2/h3,5-6,11-12,16H,4,7-10H2,1-2H3,(H,19,20,22)/t16-/m1/s1. The monoisotopic (exact) mass is 329 g/mol. The van der Waals surface area contributed by atoms with Crippen molar-refractivity contribution in [2.75, 3.05) is 25.5 Å². The summed E-state index contributed by atoms with van der Waals surface area (Å²) in [4.78, 5) is 14.4. The number of carbonyl (C=O) groups excluding carboxylic acids is 1. The van der Waals surface area contributed by atoms with Crippen molar-refractivity contribution in [3.63, 3.8) is 0 Å². The number of likely N-dealkylation sites (tertiary alicyclic amines) is 1. The number of nitrogens with one attached hydrogen (secondary N) is 1. The number of rotatable bonds is 6. The smallest absolute Gasteiger partial charge is 0.226 e. The Hall–Kier alpha value is -2.34. The van der Waals surface area contributed by atoms with E-state index in [9.17, 15) is 4.79 Å². The highest BCUT2D eigenvalue weighted by molar-refractivity contribution is 5.89. The molecule has 1 amide bonds. The van der Waals surface area contributed by atoms with Crippen LogP contribution in [0.3, 0.4) is 0 Å². The van der Waals surface area contributed by atoms with Gasteiger partial charge in [0, 0.05) is 25.1 Å². The van der Waals surface area contributed by atoms with Gasteiger partial charge in [-0.3, -0.25) is 9.69 Å². The van der Waals surface area contributed by atoms with Crippen LogP contribution in [0.15, 0.2) is 34.9 Å². The molecule has 1 aromatic heterocycles. The second-order valence-electron chi connectivity index (χ2n) is 6.09. The summed E-state index contributed by atoms with van der Waals surface area (Å²) >= 11 is 0. The van der Waals surface area contributed by atoms with Crippen LogP contribution in [0.25, 0.3) is 0 Å². The molecule has 0 radical (unpaired) electrons. The molecule has 0 saturated carbocycles. The van der Waals surface area contributed by atoms with E-state index < -0.39 is 0 Å². The predicted octanol–water partition coefficient (Wildman–Crippen LogP) is 3.16. The van der Waals surface area contributed by atoms with Crippen molar-refractivity contribution in [1.82, 2.24) is 10.1 Å². The molecule has 1 saturated heterocycles. The van der Waals surface area contributed by atoms with Crippen molar-refractivity contribution in [1.29, 1.82) is 0 Å². The average Bonchev–Trinajstić information content (AvgIpc) is 3.22. The van der Waals surface area contributed by atoms with Crippen LogP contribution in [-0.4, -0.2) is 36.2 Å². The van der Waals surface area contributed by atoms with Crippen molar-refractivity contribution < 1.29 is 14.1 Å². The van der Waals surface area contributed by atoms with Crippen LogP contribution in [0.5, 0.6) is 5.75 Å². The quantitative estimate of drug-likeness (QED) is 0.882. The van der Waals surface area contributed by atoms with Crippen LogP contribution in [0, 0.1) is 6.92 Å². The highest BCUT2D eigenvalue weighted by Gasteiger charge is 2.26. The first-order valence-electron chi connectivity index (χ1n) is 8.27. The molecule has 6 nitrogen and oxygen atoms in total. The Morgan fingerprint density at radius 3 is 3.08 bits per heavy atom. The molecule has 128 valence electrons. The molecule has 2 heterocycles. The summed E-state index contributed by atoms with van der Waals surface area (Å²) in [5.41, 5.74) is 1.25. The maximum Gasteiger partial charge on any atom is 0.226 e. The van der Waals surface area contributed by atoms with Gasteiger partial charge in [-0.25, -0.2) is 0 Å². The summed E-state index contributed by atoms with van der Waals surface area (Å²) in [5.74, 6) is 1.99. The molecule has 1 aliphatic heterocycles. The summed E-state index contributed by atoms with van der Waals surface area (Å²) in [6.07, 6.45) is 2.69. The van der Waals surface area contributed by atoms with Crippen LogP contribution in [0.1, 0.15) is 36.6 Å². The van der Waals surface area contributed by atoms with Gasteiger partial charge in [-0.2, -0.15) is 0 Å². The number of ether oxygens (including phenoxy) is 1. The Labute approximate surface area is 141 Å². The zero-order chi connectivity index (χ0) is 16.9. The van der Waals surface area contributed by atoms with E-state index in [4.69, 9.17) is 9.26 Å². The summed E-state index contributed by atoms with van der Waals surface area (Å²) < 4.78 is 10.3. The number of nitrogens with zero attached hydrogens (tertiary/aromatic N) is 2. The molecular formula is C18H23N3O3. The molecule has 0 unspecified atom stereocenters. The van der Waals surface area contributed by atoms with Crippen LogP contribution in [0.4, 0.5) is 5.82 Å². The number of hydrogen-bond donors (Lipinski definition) is 1. The number of amides is 1. The predicted molar refractivity (Wildman–Crippen MR) is 91.0 cm³/mol. The van der Waals surface area contributed by atoms with E-state index in [1.807, 2.05) is 12.1 Å². The normalized spacial score (nSPS) is 17.8. The second-order valence-corrected chi connectivity index (χ2v) is 6.09. The van der Waals surface area contributed by atoms with Crippen molar-refractivity contribution in [2.45, 2.75) is 32.2 Å². The van der Waals surface area contributed by atoms with E-state index in [1.165, 1.54) is 5.56 Å². The lowest BCUT2D eigenvalue weighted by atomic mass is 10.0. The Morgan fingerprint density at radius 2 is 2.33 bits per heavy atom. The molecule has 2 aromatic rings. The highest BCUT2D eigenvalue weighted by atomic mass is 16.5. The molecule has 0 bridgehead atoms. The van der Waals surface area contributed by atoms with Crippen molar-refractivity contribution in [3.8, 4) is 5.75 Å². The van der Waals surface area contributed by atoms with E-state index >= 15 is 0 Å². The number of hydrogen-bond acceptors (Lipinski definition) is 5. The van der Waals surface area contributed by atoms with Crippen molar-refractivity contribution in [3.05, 3.63) is 41.7 Å². The van der Waals surface area contributed by atoms with E-state index in [1.54, 1.807) is 20.1 Å². The SMILES string of the molecule is COc1cccc([C@H]2CCCN2CCC(=O)Nc2cc(C)on2)c1. The number of aryl methyl sites for hydroxylation is 1. The Balaban J connectivity index is 1.56. The second kappa shape index (κ2) is 7.49. The van der Waals surface area contributed by atoms with Gasteiger partial charge in [-0.05, 0) is 44.0 Å². The number of methoxy groups -OCH3 is 1. The molecule has 3 rings (SSSR count). The summed E-state index contributed by atoms with van der Waals surface area (Å²) in [6.45, 7) is 3.54. The van der Waals surface area contributed by atoms with E-state index in [0.29, 0.717) is 24.0 Å². The maximum atomic E-state index is 12.1. The van der Waals surface area contributed by atoms with Gasteiger partial charge < -0.3 is 14.6 Å². The summed E-state index contributed by atoms with van der Waals surface area (Å²) in [6, 6.07) is 10.3. The molecule has 0 aliphatic carbocycles. The lowest BCUT2D eigenvalue weighted by molar-refractivity contribution is -0.116.